The van der Waals surface area contributed by atoms with E-state index >= 15 is 0 Å². The van der Waals surface area contributed by atoms with Crippen LogP contribution in [0, 0.1) is 5.92 Å². The largest absolute Gasteiger partial charge is 0.330 e. The van der Waals surface area contributed by atoms with Crippen molar-refractivity contribution in [3.05, 3.63) is 35.2 Å². The van der Waals surface area contributed by atoms with Crippen LogP contribution >= 0.6 is 11.3 Å². The number of hydrogen-bond donors (Lipinski definition) is 1. The van der Waals surface area contributed by atoms with Gasteiger partial charge in [0.05, 0.1) is 0 Å². The maximum absolute atomic E-state index is 5.95. The molecule has 2 atom stereocenters. The molecule has 0 saturated heterocycles. The number of fused-ring (bicyclic) bond motifs is 1. The Labute approximate surface area is 107 Å². The predicted octanol–water partition coefficient (Wildman–Crippen LogP) is 4.13. The molecule has 0 amide bonds. The van der Waals surface area contributed by atoms with Crippen molar-refractivity contribution in [2.24, 2.45) is 11.7 Å². The molecule has 1 aromatic heterocycles. The van der Waals surface area contributed by atoms with E-state index in [9.17, 15) is 0 Å². The maximum Gasteiger partial charge on any atom is 0.0377 e. The summed E-state index contributed by atoms with van der Waals surface area (Å²) < 4.78 is 1.48. The third-order valence-electron chi connectivity index (χ3n) is 4.12. The van der Waals surface area contributed by atoms with Crippen molar-refractivity contribution in [1.29, 1.82) is 0 Å². The maximum atomic E-state index is 5.95. The lowest BCUT2D eigenvalue weighted by Crippen LogP contribution is -2.25. The lowest BCUT2D eigenvalue weighted by Gasteiger charge is -2.31. The van der Waals surface area contributed by atoms with Gasteiger partial charge in [-0.05, 0) is 53.6 Å². The molecule has 90 valence electrons. The van der Waals surface area contributed by atoms with Crippen LogP contribution < -0.4 is 5.73 Å². The van der Waals surface area contributed by atoms with Gasteiger partial charge in [0.25, 0.3) is 0 Å². The highest BCUT2D eigenvalue weighted by Crippen LogP contribution is 2.41. The average molecular weight is 245 g/mol. The van der Waals surface area contributed by atoms with E-state index in [-0.39, 0.29) is 0 Å². The number of nitrogens with two attached hydrogens (primary N) is 1. The highest BCUT2D eigenvalue weighted by atomic mass is 32.1. The molecule has 1 aliphatic rings. The van der Waals surface area contributed by atoms with Gasteiger partial charge in [0, 0.05) is 4.70 Å². The molecule has 1 aromatic carbocycles. The van der Waals surface area contributed by atoms with Crippen LogP contribution in [0.4, 0.5) is 0 Å². The van der Waals surface area contributed by atoms with Crippen LogP contribution in [0.5, 0.6) is 0 Å². The van der Waals surface area contributed by atoms with Crippen molar-refractivity contribution in [2.75, 3.05) is 6.54 Å². The van der Waals surface area contributed by atoms with E-state index in [2.05, 4.69) is 29.6 Å². The van der Waals surface area contributed by atoms with Gasteiger partial charge in [-0.3, -0.25) is 0 Å². The molecule has 2 heteroatoms. The Morgan fingerprint density at radius 2 is 2.06 bits per heavy atom. The zero-order chi connectivity index (χ0) is 11.7. The molecule has 0 aliphatic heterocycles. The van der Waals surface area contributed by atoms with Crippen LogP contribution in [0.2, 0.25) is 0 Å². The van der Waals surface area contributed by atoms with E-state index in [0.717, 1.165) is 6.54 Å². The summed E-state index contributed by atoms with van der Waals surface area (Å²) in [4.78, 5) is 0. The highest BCUT2D eigenvalue weighted by Gasteiger charge is 2.26. The Bertz CT molecular complexity index is 502. The Morgan fingerprint density at radius 1 is 1.18 bits per heavy atom. The molecule has 0 radical (unpaired) electrons. The standard InChI is InChI=1S/C15H19NS/c16-10-12-4-1-2-6-13(12)14-7-3-5-11-8-9-17-15(11)14/h3,5,7-9,12-13H,1-2,4,6,10,16H2. The topological polar surface area (TPSA) is 26.0 Å². The van der Waals surface area contributed by atoms with E-state index in [4.69, 9.17) is 5.73 Å². The lowest BCUT2D eigenvalue weighted by molar-refractivity contribution is 0.316. The first kappa shape index (κ1) is 11.2. The van der Waals surface area contributed by atoms with Crippen LogP contribution in [0.25, 0.3) is 10.1 Å². The molecule has 2 N–H and O–H groups in total. The van der Waals surface area contributed by atoms with Crippen molar-refractivity contribution in [3.8, 4) is 0 Å². The number of rotatable bonds is 2. The fourth-order valence-corrected chi connectivity index (χ4v) is 4.19. The Hall–Kier alpha value is -0.860. The van der Waals surface area contributed by atoms with Crippen LogP contribution in [-0.2, 0) is 0 Å². The molecule has 0 bridgehead atoms. The molecule has 1 heterocycles. The minimum atomic E-state index is 0.691. The van der Waals surface area contributed by atoms with Gasteiger partial charge in [-0.1, -0.05) is 31.0 Å². The molecule has 0 spiro atoms. The number of benzene rings is 1. The second kappa shape index (κ2) is 4.79. The fourth-order valence-electron chi connectivity index (χ4n) is 3.21. The first-order valence-electron chi connectivity index (χ1n) is 6.56. The summed E-state index contributed by atoms with van der Waals surface area (Å²) in [5.74, 6) is 1.38. The molecule has 1 aliphatic carbocycles. The molecule has 1 nitrogen and oxygen atoms in total. The van der Waals surface area contributed by atoms with Crippen LogP contribution in [0.15, 0.2) is 29.6 Å². The first-order valence-corrected chi connectivity index (χ1v) is 7.44. The molecule has 3 rings (SSSR count). The van der Waals surface area contributed by atoms with Gasteiger partial charge in [0.2, 0.25) is 0 Å². The second-order valence-corrected chi connectivity index (χ2v) is 5.99. The third kappa shape index (κ3) is 2.00. The van der Waals surface area contributed by atoms with Crippen molar-refractivity contribution in [3.63, 3.8) is 0 Å². The summed E-state index contributed by atoms with van der Waals surface area (Å²) >= 11 is 1.88. The molecule has 17 heavy (non-hydrogen) atoms. The summed E-state index contributed by atoms with van der Waals surface area (Å²) in [6.07, 6.45) is 5.35. The summed E-state index contributed by atoms with van der Waals surface area (Å²) in [5.41, 5.74) is 7.50. The van der Waals surface area contributed by atoms with Gasteiger partial charge in [0.1, 0.15) is 0 Å². The van der Waals surface area contributed by atoms with E-state index in [1.54, 1.807) is 5.56 Å². The Balaban J connectivity index is 2.04. The SMILES string of the molecule is NCC1CCCCC1c1cccc2ccsc12. The fraction of sp³-hybridized carbons (Fsp3) is 0.467. The van der Waals surface area contributed by atoms with Crippen molar-refractivity contribution in [2.45, 2.75) is 31.6 Å². The average Bonchev–Trinajstić information content (AvgIpc) is 2.86. The van der Waals surface area contributed by atoms with Gasteiger partial charge in [-0.15, -0.1) is 11.3 Å². The van der Waals surface area contributed by atoms with Crippen molar-refractivity contribution < 1.29 is 0 Å². The van der Waals surface area contributed by atoms with E-state index in [1.165, 1.54) is 35.8 Å². The zero-order valence-corrected chi connectivity index (χ0v) is 10.9. The Morgan fingerprint density at radius 3 is 2.94 bits per heavy atom. The highest BCUT2D eigenvalue weighted by molar-refractivity contribution is 7.17. The van der Waals surface area contributed by atoms with E-state index < -0.39 is 0 Å². The second-order valence-electron chi connectivity index (χ2n) is 5.07. The summed E-state index contributed by atoms with van der Waals surface area (Å²) in [6.45, 7) is 0.840. The van der Waals surface area contributed by atoms with Gasteiger partial charge in [0.15, 0.2) is 0 Å². The number of hydrogen-bond acceptors (Lipinski definition) is 2. The van der Waals surface area contributed by atoms with Gasteiger partial charge in [-0.2, -0.15) is 0 Å². The summed E-state index contributed by atoms with van der Waals surface area (Å²) in [7, 11) is 0. The van der Waals surface area contributed by atoms with Gasteiger partial charge < -0.3 is 5.73 Å². The molecule has 1 saturated carbocycles. The van der Waals surface area contributed by atoms with Crippen LogP contribution in [-0.4, -0.2) is 6.54 Å². The number of thiophene rings is 1. The van der Waals surface area contributed by atoms with Gasteiger partial charge >= 0.3 is 0 Å². The van der Waals surface area contributed by atoms with Crippen molar-refractivity contribution in [1.82, 2.24) is 0 Å². The minimum absolute atomic E-state index is 0.691. The lowest BCUT2D eigenvalue weighted by atomic mass is 9.75. The molecular weight excluding hydrogens is 226 g/mol. The smallest absolute Gasteiger partial charge is 0.0377 e. The summed E-state index contributed by atoms with van der Waals surface area (Å²) in [6, 6.07) is 8.96. The molecule has 2 aromatic rings. The molecular formula is C15H19NS. The quantitative estimate of drug-likeness (QED) is 0.845. The third-order valence-corrected chi connectivity index (χ3v) is 5.10. The summed E-state index contributed by atoms with van der Waals surface area (Å²) in [5, 5.41) is 3.60. The van der Waals surface area contributed by atoms with Gasteiger partial charge in [-0.25, -0.2) is 0 Å². The molecule has 1 fully saturated rings. The van der Waals surface area contributed by atoms with Crippen molar-refractivity contribution >= 4 is 21.4 Å². The van der Waals surface area contributed by atoms with E-state index in [0.29, 0.717) is 11.8 Å². The van der Waals surface area contributed by atoms with Crippen LogP contribution in [0.3, 0.4) is 0 Å². The first-order chi connectivity index (χ1) is 8.40. The zero-order valence-electron chi connectivity index (χ0n) is 10.1. The normalized spacial score (nSPS) is 25.2. The van der Waals surface area contributed by atoms with Crippen LogP contribution in [0.1, 0.15) is 37.2 Å². The van der Waals surface area contributed by atoms with E-state index in [1.807, 2.05) is 11.3 Å². The molecule has 2 unspecified atom stereocenters. The predicted molar refractivity (Wildman–Crippen MR) is 75.6 cm³/mol. The Kier molecular flexibility index (Phi) is 3.17. The minimum Gasteiger partial charge on any atom is -0.330 e. The monoisotopic (exact) mass is 245 g/mol.